The number of ether oxygens (including phenoxy) is 1. The largest absolute Gasteiger partial charge is 0.494 e. The maximum Gasteiger partial charge on any atom is 0.260 e. The van der Waals surface area contributed by atoms with Crippen LogP contribution in [-0.4, -0.2) is 27.8 Å². The van der Waals surface area contributed by atoms with E-state index in [4.69, 9.17) is 10.5 Å². The molecule has 0 saturated heterocycles. The van der Waals surface area contributed by atoms with Crippen molar-refractivity contribution in [1.29, 1.82) is 0 Å². The maximum atomic E-state index is 12.1. The molecular weight excluding hydrogens is 290 g/mol. The van der Waals surface area contributed by atoms with E-state index in [1.165, 1.54) is 17.5 Å². The fourth-order valence-electron chi connectivity index (χ4n) is 1.94. The number of nitrogens with one attached hydrogen (secondary N) is 1. The minimum Gasteiger partial charge on any atom is -0.494 e. The number of hydrogen-bond donors (Lipinski definition) is 2. The number of amides is 1. The van der Waals surface area contributed by atoms with Gasteiger partial charge in [0.15, 0.2) is 5.13 Å². The maximum absolute atomic E-state index is 12.1. The molecule has 1 aromatic carbocycles. The van der Waals surface area contributed by atoms with E-state index in [-0.39, 0.29) is 5.91 Å². The number of rotatable bonds is 3. The number of aryl methyl sites for hydroxylation is 1. The van der Waals surface area contributed by atoms with E-state index in [1.54, 1.807) is 37.2 Å². The highest BCUT2D eigenvalue weighted by Gasteiger charge is 2.14. The summed E-state index contributed by atoms with van der Waals surface area (Å²) in [6.45, 7) is 0. The SMILES string of the molecule is COc1cc(N)cc2sc(NC(=O)c3cnn(C)c3)nc12. The predicted molar refractivity (Wildman–Crippen MR) is 81.7 cm³/mol. The van der Waals surface area contributed by atoms with Gasteiger partial charge in [-0.1, -0.05) is 11.3 Å². The summed E-state index contributed by atoms with van der Waals surface area (Å²) in [5.41, 5.74) is 7.55. The summed E-state index contributed by atoms with van der Waals surface area (Å²) < 4.78 is 7.67. The molecule has 2 heterocycles. The first-order valence-electron chi connectivity index (χ1n) is 6.11. The summed E-state index contributed by atoms with van der Waals surface area (Å²) in [7, 11) is 3.31. The lowest BCUT2D eigenvalue weighted by Gasteiger charge is -2.01. The summed E-state index contributed by atoms with van der Waals surface area (Å²) in [6, 6.07) is 3.50. The van der Waals surface area contributed by atoms with E-state index in [9.17, 15) is 4.79 Å². The first-order chi connectivity index (χ1) is 10.1. The zero-order chi connectivity index (χ0) is 15.0. The minimum absolute atomic E-state index is 0.255. The average Bonchev–Trinajstić information content (AvgIpc) is 3.03. The Kier molecular flexibility index (Phi) is 3.22. The summed E-state index contributed by atoms with van der Waals surface area (Å²) in [6.07, 6.45) is 3.14. The van der Waals surface area contributed by atoms with Gasteiger partial charge in [0.2, 0.25) is 0 Å². The molecule has 7 nitrogen and oxygen atoms in total. The zero-order valence-electron chi connectivity index (χ0n) is 11.5. The molecule has 3 N–H and O–H groups in total. The Balaban J connectivity index is 1.93. The van der Waals surface area contributed by atoms with Crippen molar-refractivity contribution < 1.29 is 9.53 Å². The summed E-state index contributed by atoms with van der Waals surface area (Å²) in [4.78, 5) is 16.4. The van der Waals surface area contributed by atoms with E-state index in [0.29, 0.717) is 27.6 Å². The fraction of sp³-hybridized carbons (Fsp3) is 0.154. The lowest BCUT2D eigenvalue weighted by atomic mass is 10.3. The van der Waals surface area contributed by atoms with Crippen LogP contribution in [0, 0.1) is 0 Å². The van der Waals surface area contributed by atoms with Gasteiger partial charge in [0, 0.05) is 25.0 Å². The Bertz CT molecular complexity index is 823. The number of methoxy groups -OCH3 is 1. The number of hydrogen-bond acceptors (Lipinski definition) is 6. The molecule has 108 valence electrons. The lowest BCUT2D eigenvalue weighted by molar-refractivity contribution is 0.102. The number of nitrogen functional groups attached to an aromatic ring is 1. The molecule has 0 radical (unpaired) electrons. The topological polar surface area (TPSA) is 95.1 Å². The van der Waals surface area contributed by atoms with Crippen LogP contribution in [0.4, 0.5) is 10.8 Å². The highest BCUT2D eigenvalue weighted by molar-refractivity contribution is 7.22. The van der Waals surface area contributed by atoms with Gasteiger partial charge in [-0.25, -0.2) is 4.98 Å². The molecule has 0 spiro atoms. The fourth-order valence-corrected chi connectivity index (χ4v) is 2.86. The van der Waals surface area contributed by atoms with E-state index in [2.05, 4.69) is 15.4 Å². The molecule has 0 aliphatic heterocycles. The number of anilines is 2. The minimum atomic E-state index is -0.255. The van der Waals surface area contributed by atoms with Gasteiger partial charge < -0.3 is 10.5 Å². The Morgan fingerprint density at radius 1 is 1.48 bits per heavy atom. The Hall–Kier alpha value is -2.61. The van der Waals surface area contributed by atoms with Crippen LogP contribution in [0.3, 0.4) is 0 Å². The van der Waals surface area contributed by atoms with Gasteiger partial charge in [-0.3, -0.25) is 14.8 Å². The predicted octanol–water partition coefficient (Wildman–Crippen LogP) is 1.87. The van der Waals surface area contributed by atoms with Crippen molar-refractivity contribution in [1.82, 2.24) is 14.8 Å². The van der Waals surface area contributed by atoms with Crippen molar-refractivity contribution in [3.8, 4) is 5.75 Å². The first kappa shape index (κ1) is 13.4. The van der Waals surface area contributed by atoms with Gasteiger partial charge in [-0.2, -0.15) is 5.10 Å². The van der Waals surface area contributed by atoms with Gasteiger partial charge in [0.1, 0.15) is 11.3 Å². The van der Waals surface area contributed by atoms with Crippen molar-refractivity contribution in [2.75, 3.05) is 18.2 Å². The number of fused-ring (bicyclic) bond motifs is 1. The van der Waals surface area contributed by atoms with Crippen LogP contribution in [0.1, 0.15) is 10.4 Å². The molecule has 0 aliphatic rings. The van der Waals surface area contributed by atoms with Crippen LogP contribution in [-0.2, 0) is 7.05 Å². The van der Waals surface area contributed by atoms with Crippen LogP contribution in [0.15, 0.2) is 24.5 Å². The number of carbonyl (C=O) groups excluding carboxylic acids is 1. The molecule has 0 aliphatic carbocycles. The summed E-state index contributed by atoms with van der Waals surface area (Å²) in [5.74, 6) is 0.331. The summed E-state index contributed by atoms with van der Waals surface area (Å²) >= 11 is 1.34. The molecule has 3 aromatic rings. The quantitative estimate of drug-likeness (QED) is 0.720. The smallest absolute Gasteiger partial charge is 0.260 e. The monoisotopic (exact) mass is 303 g/mol. The molecule has 0 unspecified atom stereocenters. The van der Waals surface area contributed by atoms with Crippen molar-refractivity contribution in [2.24, 2.45) is 7.05 Å². The second-order valence-corrected chi connectivity index (χ2v) is 5.48. The van der Waals surface area contributed by atoms with Crippen LogP contribution >= 0.6 is 11.3 Å². The standard InChI is InChI=1S/C13H13N5O2S/c1-18-6-7(5-15-18)12(19)17-13-16-11-9(20-2)3-8(14)4-10(11)21-13/h3-6H,14H2,1-2H3,(H,16,17,19). The highest BCUT2D eigenvalue weighted by atomic mass is 32.1. The molecule has 2 aromatic heterocycles. The number of nitrogens with two attached hydrogens (primary N) is 1. The van der Waals surface area contributed by atoms with Crippen molar-refractivity contribution >= 4 is 38.3 Å². The first-order valence-corrected chi connectivity index (χ1v) is 6.92. The highest BCUT2D eigenvalue weighted by Crippen LogP contribution is 2.34. The van der Waals surface area contributed by atoms with E-state index >= 15 is 0 Å². The van der Waals surface area contributed by atoms with Gasteiger partial charge >= 0.3 is 0 Å². The molecule has 0 atom stereocenters. The number of aromatic nitrogens is 3. The Morgan fingerprint density at radius 3 is 2.95 bits per heavy atom. The van der Waals surface area contributed by atoms with Crippen molar-refractivity contribution in [3.63, 3.8) is 0 Å². The molecule has 0 saturated carbocycles. The van der Waals surface area contributed by atoms with E-state index < -0.39 is 0 Å². The average molecular weight is 303 g/mol. The van der Waals surface area contributed by atoms with Crippen LogP contribution in [0.5, 0.6) is 5.75 Å². The number of thiazole rings is 1. The number of benzene rings is 1. The van der Waals surface area contributed by atoms with Gasteiger partial charge in [-0.05, 0) is 6.07 Å². The third-order valence-electron chi connectivity index (χ3n) is 2.89. The van der Waals surface area contributed by atoms with Crippen molar-refractivity contribution in [2.45, 2.75) is 0 Å². The van der Waals surface area contributed by atoms with Gasteiger partial charge in [0.25, 0.3) is 5.91 Å². The second kappa shape index (κ2) is 5.06. The number of carbonyl (C=O) groups is 1. The van der Waals surface area contributed by atoms with Gasteiger partial charge in [-0.15, -0.1) is 0 Å². The van der Waals surface area contributed by atoms with Crippen LogP contribution in [0.25, 0.3) is 10.2 Å². The zero-order valence-corrected chi connectivity index (χ0v) is 12.3. The van der Waals surface area contributed by atoms with E-state index in [1.807, 2.05) is 0 Å². The Labute approximate surface area is 124 Å². The van der Waals surface area contributed by atoms with Crippen LogP contribution in [0.2, 0.25) is 0 Å². The molecule has 21 heavy (non-hydrogen) atoms. The molecule has 8 heteroatoms. The molecule has 3 rings (SSSR count). The lowest BCUT2D eigenvalue weighted by Crippen LogP contribution is -2.10. The van der Waals surface area contributed by atoms with Crippen LogP contribution < -0.4 is 15.8 Å². The van der Waals surface area contributed by atoms with Gasteiger partial charge in [0.05, 0.1) is 23.6 Å². The molecular formula is C13H13N5O2S. The molecule has 0 bridgehead atoms. The third kappa shape index (κ3) is 2.52. The second-order valence-electron chi connectivity index (χ2n) is 4.45. The molecule has 0 fully saturated rings. The van der Waals surface area contributed by atoms with E-state index in [0.717, 1.165) is 4.70 Å². The summed E-state index contributed by atoms with van der Waals surface area (Å²) in [5, 5.41) is 7.20. The Morgan fingerprint density at radius 2 is 2.29 bits per heavy atom. The number of nitrogens with zero attached hydrogens (tertiary/aromatic N) is 3. The third-order valence-corrected chi connectivity index (χ3v) is 3.81. The normalized spacial score (nSPS) is 10.8. The molecule has 1 amide bonds. The van der Waals surface area contributed by atoms with Crippen molar-refractivity contribution in [3.05, 3.63) is 30.1 Å².